The molecule has 0 unspecified atom stereocenters. The van der Waals surface area contributed by atoms with Crippen LogP contribution in [-0.4, -0.2) is 16.6 Å². The van der Waals surface area contributed by atoms with Gasteiger partial charge in [0.25, 0.3) is 5.56 Å². The maximum atomic E-state index is 11.7. The Bertz CT molecular complexity index is 714. The molecule has 0 atom stereocenters. The van der Waals surface area contributed by atoms with Crippen LogP contribution in [0.3, 0.4) is 0 Å². The summed E-state index contributed by atoms with van der Waals surface area (Å²) in [6.45, 7) is 1.14. The molecule has 1 fully saturated rings. The number of pyridine rings is 1. The van der Waals surface area contributed by atoms with Crippen molar-refractivity contribution in [3.63, 3.8) is 0 Å². The summed E-state index contributed by atoms with van der Waals surface area (Å²) in [6.07, 6.45) is 4.17. The Kier molecular flexibility index (Phi) is 4.23. The quantitative estimate of drug-likeness (QED) is 0.648. The van der Waals surface area contributed by atoms with Crippen molar-refractivity contribution in [1.82, 2.24) is 9.88 Å². The first-order valence-corrected chi connectivity index (χ1v) is 7.50. The lowest BCUT2D eigenvalue weighted by Crippen LogP contribution is -2.33. The van der Waals surface area contributed by atoms with Gasteiger partial charge in [-0.05, 0) is 30.0 Å². The van der Waals surface area contributed by atoms with E-state index in [2.05, 4.69) is 10.3 Å². The van der Waals surface area contributed by atoms with Crippen LogP contribution in [0.4, 0.5) is 0 Å². The minimum atomic E-state index is 0.00935. The Balaban J connectivity index is 1.60. The number of aliphatic imine (C=N–C) groups is 1. The van der Waals surface area contributed by atoms with Crippen LogP contribution >= 0.6 is 0 Å². The third-order valence-electron chi connectivity index (χ3n) is 3.64. The van der Waals surface area contributed by atoms with Gasteiger partial charge in [0.15, 0.2) is 5.96 Å². The Morgan fingerprint density at radius 1 is 1.18 bits per heavy atom. The summed E-state index contributed by atoms with van der Waals surface area (Å²) >= 11 is 0. The number of nitrogens with two attached hydrogens (primary N) is 1. The highest BCUT2D eigenvalue weighted by molar-refractivity contribution is 5.78. The number of hydrogen-bond donors (Lipinski definition) is 2. The molecule has 3 rings (SSSR count). The molecule has 1 aliphatic carbocycles. The zero-order valence-electron chi connectivity index (χ0n) is 12.4. The molecule has 22 heavy (non-hydrogen) atoms. The fourth-order valence-electron chi connectivity index (χ4n) is 2.20. The topological polar surface area (TPSA) is 72.4 Å². The molecule has 3 N–H and O–H groups in total. The van der Waals surface area contributed by atoms with Crippen LogP contribution in [0.25, 0.3) is 0 Å². The van der Waals surface area contributed by atoms with E-state index >= 15 is 0 Å². The Morgan fingerprint density at radius 3 is 2.59 bits per heavy atom. The first-order chi connectivity index (χ1) is 10.7. The number of aromatic nitrogens is 1. The molecule has 0 spiro atoms. The predicted octanol–water partition coefficient (Wildman–Crippen LogP) is 1.46. The minimum absolute atomic E-state index is 0.00935. The van der Waals surface area contributed by atoms with E-state index in [0.717, 1.165) is 11.1 Å². The monoisotopic (exact) mass is 296 g/mol. The molecule has 0 bridgehead atoms. The average Bonchev–Trinajstić information content (AvgIpc) is 3.33. The van der Waals surface area contributed by atoms with E-state index in [1.54, 1.807) is 22.9 Å². The Hall–Kier alpha value is -2.56. The summed E-state index contributed by atoms with van der Waals surface area (Å²) in [5.74, 6) is 0.516. The fourth-order valence-corrected chi connectivity index (χ4v) is 2.20. The summed E-state index contributed by atoms with van der Waals surface area (Å²) in [5, 5.41) is 3.16. The molecule has 1 aromatic heterocycles. The van der Waals surface area contributed by atoms with E-state index in [1.807, 2.05) is 30.3 Å². The van der Waals surface area contributed by atoms with Crippen LogP contribution in [0.1, 0.15) is 24.0 Å². The van der Waals surface area contributed by atoms with E-state index in [-0.39, 0.29) is 5.56 Å². The summed E-state index contributed by atoms with van der Waals surface area (Å²) in [5.41, 5.74) is 8.01. The van der Waals surface area contributed by atoms with Crippen LogP contribution in [0.5, 0.6) is 0 Å². The van der Waals surface area contributed by atoms with Gasteiger partial charge in [-0.2, -0.15) is 0 Å². The van der Waals surface area contributed by atoms with Crippen molar-refractivity contribution in [3.05, 3.63) is 70.1 Å². The van der Waals surface area contributed by atoms with Crippen LogP contribution in [0, 0.1) is 0 Å². The van der Waals surface area contributed by atoms with Crippen molar-refractivity contribution in [2.45, 2.75) is 32.0 Å². The molecule has 2 aromatic rings. The minimum Gasteiger partial charge on any atom is -0.370 e. The molecule has 1 saturated carbocycles. The summed E-state index contributed by atoms with van der Waals surface area (Å²) in [6, 6.07) is 13.8. The normalized spacial score (nSPS) is 14.8. The number of nitrogens with zero attached hydrogens (tertiary/aromatic N) is 2. The van der Waals surface area contributed by atoms with Gasteiger partial charge in [-0.1, -0.05) is 30.3 Å². The summed E-state index contributed by atoms with van der Waals surface area (Å²) < 4.78 is 1.69. The number of rotatable bonds is 5. The largest absolute Gasteiger partial charge is 0.370 e. The van der Waals surface area contributed by atoms with Crippen molar-refractivity contribution in [1.29, 1.82) is 0 Å². The van der Waals surface area contributed by atoms with Crippen LogP contribution in [-0.2, 0) is 13.1 Å². The van der Waals surface area contributed by atoms with Crippen molar-refractivity contribution >= 4 is 5.96 Å². The molecular formula is C17H20N4O. The van der Waals surface area contributed by atoms with Crippen molar-refractivity contribution in [2.75, 3.05) is 0 Å². The molecule has 114 valence electrons. The highest BCUT2D eigenvalue weighted by Crippen LogP contribution is 2.18. The van der Waals surface area contributed by atoms with Crippen molar-refractivity contribution in [2.24, 2.45) is 10.7 Å². The number of benzene rings is 1. The standard InChI is InChI=1S/C17H20N4O/c18-17(20-15-8-9-15)19-11-13-4-6-14(7-5-13)12-21-10-2-1-3-16(21)22/h1-7,10,15H,8-9,11-12H2,(H3,18,19,20). The average molecular weight is 296 g/mol. The number of nitrogens with one attached hydrogen (secondary N) is 1. The van der Waals surface area contributed by atoms with Gasteiger partial charge in [0.05, 0.1) is 13.1 Å². The molecule has 5 nitrogen and oxygen atoms in total. The molecule has 1 heterocycles. The van der Waals surface area contributed by atoms with E-state index in [4.69, 9.17) is 5.73 Å². The van der Waals surface area contributed by atoms with Gasteiger partial charge in [-0.15, -0.1) is 0 Å². The van der Waals surface area contributed by atoms with E-state index in [0.29, 0.717) is 25.1 Å². The van der Waals surface area contributed by atoms with Crippen LogP contribution < -0.4 is 16.6 Å². The van der Waals surface area contributed by atoms with Gasteiger partial charge in [0, 0.05) is 18.3 Å². The van der Waals surface area contributed by atoms with E-state index < -0.39 is 0 Å². The zero-order valence-corrected chi connectivity index (χ0v) is 12.4. The first-order valence-electron chi connectivity index (χ1n) is 7.50. The lowest BCUT2D eigenvalue weighted by atomic mass is 10.1. The van der Waals surface area contributed by atoms with E-state index in [1.165, 1.54) is 12.8 Å². The Morgan fingerprint density at radius 2 is 1.91 bits per heavy atom. The fraction of sp³-hybridized carbons (Fsp3) is 0.294. The van der Waals surface area contributed by atoms with Gasteiger partial charge in [0.2, 0.25) is 0 Å². The second kappa shape index (κ2) is 6.47. The smallest absolute Gasteiger partial charge is 0.250 e. The lowest BCUT2D eigenvalue weighted by molar-refractivity contribution is 0.759. The molecule has 5 heteroatoms. The Labute approximate surface area is 129 Å². The highest BCUT2D eigenvalue weighted by Gasteiger charge is 2.21. The molecular weight excluding hydrogens is 276 g/mol. The zero-order chi connectivity index (χ0) is 15.4. The van der Waals surface area contributed by atoms with Crippen LogP contribution in [0.2, 0.25) is 0 Å². The van der Waals surface area contributed by atoms with E-state index in [9.17, 15) is 4.79 Å². The predicted molar refractivity (Wildman–Crippen MR) is 87.7 cm³/mol. The maximum Gasteiger partial charge on any atom is 0.250 e. The maximum absolute atomic E-state index is 11.7. The third-order valence-corrected chi connectivity index (χ3v) is 3.64. The molecule has 1 aliphatic rings. The second-order valence-corrected chi connectivity index (χ2v) is 5.60. The van der Waals surface area contributed by atoms with Gasteiger partial charge in [-0.25, -0.2) is 4.99 Å². The van der Waals surface area contributed by atoms with Gasteiger partial charge < -0.3 is 15.6 Å². The molecule has 0 amide bonds. The third kappa shape index (κ3) is 3.97. The van der Waals surface area contributed by atoms with Gasteiger partial charge in [0.1, 0.15) is 0 Å². The van der Waals surface area contributed by atoms with Crippen LogP contribution in [0.15, 0.2) is 58.4 Å². The SMILES string of the molecule is NC(=NCc1ccc(Cn2ccccc2=O)cc1)NC1CC1. The van der Waals surface area contributed by atoms with Crippen molar-refractivity contribution in [3.8, 4) is 0 Å². The highest BCUT2D eigenvalue weighted by atomic mass is 16.1. The van der Waals surface area contributed by atoms with Crippen molar-refractivity contribution < 1.29 is 0 Å². The number of hydrogen-bond acceptors (Lipinski definition) is 2. The summed E-state index contributed by atoms with van der Waals surface area (Å²) in [4.78, 5) is 16.0. The van der Waals surface area contributed by atoms with Gasteiger partial charge >= 0.3 is 0 Å². The number of guanidine groups is 1. The lowest BCUT2D eigenvalue weighted by Gasteiger charge is -2.06. The van der Waals surface area contributed by atoms with Gasteiger partial charge in [-0.3, -0.25) is 4.79 Å². The molecule has 1 aromatic carbocycles. The molecule has 0 saturated heterocycles. The first kappa shape index (κ1) is 14.4. The molecule has 0 radical (unpaired) electrons. The second-order valence-electron chi connectivity index (χ2n) is 5.60. The molecule has 0 aliphatic heterocycles. The summed E-state index contributed by atoms with van der Waals surface area (Å²) in [7, 11) is 0.